The summed E-state index contributed by atoms with van der Waals surface area (Å²) in [5, 5.41) is 0.592. The smallest absolute Gasteiger partial charge is 0.218 e. The summed E-state index contributed by atoms with van der Waals surface area (Å²) >= 11 is 5.84. The Morgan fingerprint density at radius 2 is 1.62 bits per heavy atom. The molecule has 7 heteroatoms. The van der Waals surface area contributed by atoms with Gasteiger partial charge in [0.05, 0.1) is 5.75 Å². The number of halogens is 2. The second-order valence-electron chi connectivity index (χ2n) is 6.46. The number of nitrogens with zero attached hydrogens (tertiary/aromatic N) is 2. The van der Waals surface area contributed by atoms with Crippen molar-refractivity contribution in [2.45, 2.75) is 12.2 Å². The van der Waals surface area contributed by atoms with E-state index in [1.54, 1.807) is 40.7 Å². The SMILES string of the molecule is O=S(=O)(Cc1ccc(Cl)cc1)N1CCN(CCc2ccccc2F)CC1. The Bertz CT molecular complexity index is 835. The largest absolute Gasteiger partial charge is 0.300 e. The molecule has 1 heterocycles. The standard InChI is InChI=1S/C19H22ClFN2O2S/c20-18-7-5-16(6-8-18)15-26(24,25)23-13-11-22(12-14-23)10-9-17-3-1-2-4-19(17)21/h1-8H,9-15H2. The van der Waals surface area contributed by atoms with Gasteiger partial charge in [-0.1, -0.05) is 41.9 Å². The van der Waals surface area contributed by atoms with E-state index in [1.807, 2.05) is 6.07 Å². The molecule has 2 aromatic rings. The topological polar surface area (TPSA) is 40.6 Å². The number of piperazine rings is 1. The molecule has 0 amide bonds. The number of sulfonamides is 1. The number of hydrogen-bond acceptors (Lipinski definition) is 3. The fraction of sp³-hybridized carbons (Fsp3) is 0.368. The first-order chi connectivity index (χ1) is 12.4. The molecule has 0 saturated carbocycles. The lowest BCUT2D eigenvalue weighted by Gasteiger charge is -2.34. The van der Waals surface area contributed by atoms with Crippen molar-refractivity contribution in [3.8, 4) is 0 Å². The number of benzene rings is 2. The van der Waals surface area contributed by atoms with E-state index in [1.165, 1.54) is 6.07 Å². The first kappa shape index (κ1) is 19.3. The molecule has 0 radical (unpaired) electrons. The van der Waals surface area contributed by atoms with Crippen molar-refractivity contribution in [2.75, 3.05) is 32.7 Å². The third-order valence-electron chi connectivity index (χ3n) is 4.64. The van der Waals surface area contributed by atoms with Crippen molar-refractivity contribution in [1.82, 2.24) is 9.21 Å². The molecule has 2 aromatic carbocycles. The van der Waals surface area contributed by atoms with Crippen LogP contribution in [0, 0.1) is 5.82 Å². The average Bonchev–Trinajstić information content (AvgIpc) is 2.63. The van der Waals surface area contributed by atoms with E-state index in [9.17, 15) is 12.8 Å². The molecule has 26 heavy (non-hydrogen) atoms. The molecule has 1 fully saturated rings. The first-order valence-electron chi connectivity index (χ1n) is 8.62. The third-order valence-corrected chi connectivity index (χ3v) is 6.74. The van der Waals surface area contributed by atoms with Crippen LogP contribution in [0.5, 0.6) is 0 Å². The number of rotatable bonds is 6. The molecular formula is C19H22ClFN2O2S. The van der Waals surface area contributed by atoms with Gasteiger partial charge in [-0.2, -0.15) is 4.31 Å². The van der Waals surface area contributed by atoms with Gasteiger partial charge >= 0.3 is 0 Å². The molecule has 1 aliphatic heterocycles. The van der Waals surface area contributed by atoms with Crippen LogP contribution in [0.3, 0.4) is 0 Å². The van der Waals surface area contributed by atoms with E-state index in [4.69, 9.17) is 11.6 Å². The lowest BCUT2D eigenvalue weighted by Crippen LogP contribution is -2.49. The summed E-state index contributed by atoms with van der Waals surface area (Å²) in [7, 11) is -3.34. The van der Waals surface area contributed by atoms with Crippen molar-refractivity contribution >= 4 is 21.6 Å². The fourth-order valence-corrected chi connectivity index (χ4v) is 4.74. The lowest BCUT2D eigenvalue weighted by molar-refractivity contribution is 0.189. The Morgan fingerprint density at radius 1 is 0.962 bits per heavy atom. The zero-order chi connectivity index (χ0) is 18.6. The summed E-state index contributed by atoms with van der Waals surface area (Å²) in [6.45, 7) is 2.98. The van der Waals surface area contributed by atoms with E-state index in [0.29, 0.717) is 43.2 Å². The second kappa shape index (κ2) is 8.48. The summed E-state index contributed by atoms with van der Waals surface area (Å²) in [6.07, 6.45) is 0.629. The van der Waals surface area contributed by atoms with Gasteiger partial charge in [-0.25, -0.2) is 12.8 Å². The summed E-state index contributed by atoms with van der Waals surface area (Å²) in [5.74, 6) is -0.198. The van der Waals surface area contributed by atoms with Crippen molar-refractivity contribution < 1.29 is 12.8 Å². The van der Waals surface area contributed by atoms with Crippen LogP contribution in [0.2, 0.25) is 5.02 Å². The van der Waals surface area contributed by atoms with Crippen LogP contribution < -0.4 is 0 Å². The third kappa shape index (κ3) is 5.04. The predicted octanol–water partition coefficient (Wildman–Crippen LogP) is 3.17. The summed E-state index contributed by atoms with van der Waals surface area (Å²) in [5.41, 5.74) is 1.43. The molecule has 0 aromatic heterocycles. The maximum atomic E-state index is 13.7. The normalized spacial score (nSPS) is 16.7. The highest BCUT2D eigenvalue weighted by Crippen LogP contribution is 2.16. The molecule has 1 saturated heterocycles. The van der Waals surface area contributed by atoms with Crippen LogP contribution in [-0.4, -0.2) is 50.3 Å². The van der Waals surface area contributed by atoms with Gasteiger partial charge in [0.1, 0.15) is 5.82 Å². The Kier molecular flexibility index (Phi) is 6.29. The Balaban J connectivity index is 1.51. The molecule has 0 atom stereocenters. The molecule has 0 bridgehead atoms. The van der Waals surface area contributed by atoms with Gasteiger partial charge < -0.3 is 4.90 Å². The highest BCUT2D eigenvalue weighted by atomic mass is 35.5. The first-order valence-corrected chi connectivity index (χ1v) is 10.6. The van der Waals surface area contributed by atoms with Gasteiger partial charge in [0.15, 0.2) is 0 Å². The van der Waals surface area contributed by atoms with E-state index in [2.05, 4.69) is 4.90 Å². The zero-order valence-electron chi connectivity index (χ0n) is 14.4. The minimum atomic E-state index is -3.34. The molecule has 4 nitrogen and oxygen atoms in total. The monoisotopic (exact) mass is 396 g/mol. The van der Waals surface area contributed by atoms with Crippen molar-refractivity contribution in [1.29, 1.82) is 0 Å². The molecular weight excluding hydrogens is 375 g/mol. The predicted molar refractivity (Wildman–Crippen MR) is 102 cm³/mol. The fourth-order valence-electron chi connectivity index (χ4n) is 3.09. The van der Waals surface area contributed by atoms with Gasteiger partial charge in [0.25, 0.3) is 0 Å². The van der Waals surface area contributed by atoms with Gasteiger partial charge in [-0.3, -0.25) is 0 Å². The van der Waals surface area contributed by atoms with Crippen LogP contribution in [0.1, 0.15) is 11.1 Å². The molecule has 0 spiro atoms. The summed E-state index contributed by atoms with van der Waals surface area (Å²) < 4.78 is 40.4. The van der Waals surface area contributed by atoms with E-state index in [-0.39, 0.29) is 11.6 Å². The quantitative estimate of drug-likeness (QED) is 0.753. The molecule has 1 aliphatic rings. The molecule has 0 unspecified atom stereocenters. The zero-order valence-corrected chi connectivity index (χ0v) is 16.0. The van der Waals surface area contributed by atoms with Crippen molar-refractivity contribution in [3.05, 3.63) is 70.5 Å². The van der Waals surface area contributed by atoms with Crippen molar-refractivity contribution in [3.63, 3.8) is 0 Å². The van der Waals surface area contributed by atoms with E-state index in [0.717, 1.165) is 12.1 Å². The summed E-state index contributed by atoms with van der Waals surface area (Å²) in [6, 6.07) is 13.7. The minimum absolute atomic E-state index is 0.0145. The second-order valence-corrected chi connectivity index (χ2v) is 8.87. The van der Waals surface area contributed by atoms with Crippen LogP contribution in [0.15, 0.2) is 48.5 Å². The van der Waals surface area contributed by atoms with E-state index >= 15 is 0 Å². The number of hydrogen-bond donors (Lipinski definition) is 0. The highest BCUT2D eigenvalue weighted by Gasteiger charge is 2.27. The van der Waals surface area contributed by atoms with Gasteiger partial charge in [0.2, 0.25) is 10.0 Å². The molecule has 3 rings (SSSR count). The maximum absolute atomic E-state index is 13.7. The Morgan fingerprint density at radius 3 is 2.27 bits per heavy atom. The highest BCUT2D eigenvalue weighted by molar-refractivity contribution is 7.88. The Labute approximate surface area is 159 Å². The van der Waals surface area contributed by atoms with Crippen LogP contribution >= 0.6 is 11.6 Å². The van der Waals surface area contributed by atoms with Gasteiger partial charge in [0, 0.05) is 37.7 Å². The van der Waals surface area contributed by atoms with E-state index < -0.39 is 10.0 Å². The van der Waals surface area contributed by atoms with Crippen LogP contribution in [-0.2, 0) is 22.2 Å². The average molecular weight is 397 g/mol. The van der Waals surface area contributed by atoms with Crippen LogP contribution in [0.4, 0.5) is 4.39 Å². The van der Waals surface area contributed by atoms with Gasteiger partial charge in [-0.15, -0.1) is 0 Å². The maximum Gasteiger partial charge on any atom is 0.218 e. The molecule has 140 valence electrons. The lowest BCUT2D eigenvalue weighted by atomic mass is 10.1. The molecule has 0 N–H and O–H groups in total. The minimum Gasteiger partial charge on any atom is -0.300 e. The van der Waals surface area contributed by atoms with Crippen LogP contribution in [0.25, 0.3) is 0 Å². The Hall–Kier alpha value is -1.47. The van der Waals surface area contributed by atoms with Crippen molar-refractivity contribution in [2.24, 2.45) is 0 Å². The van der Waals surface area contributed by atoms with Gasteiger partial charge in [-0.05, 0) is 35.7 Å². The molecule has 0 aliphatic carbocycles. The summed E-state index contributed by atoms with van der Waals surface area (Å²) in [4.78, 5) is 2.18.